The van der Waals surface area contributed by atoms with Gasteiger partial charge in [-0.15, -0.1) is 0 Å². The second kappa shape index (κ2) is 8.69. The van der Waals surface area contributed by atoms with Crippen molar-refractivity contribution in [2.75, 3.05) is 38.2 Å². The number of anilines is 1. The smallest absolute Gasteiger partial charge is 0.271 e. The van der Waals surface area contributed by atoms with E-state index in [9.17, 15) is 19.3 Å². The molecule has 2 aromatic rings. The number of nitrogens with zero attached hydrogens (tertiary/aromatic N) is 3. The lowest BCUT2D eigenvalue weighted by Gasteiger charge is -2.36. The molecule has 0 saturated carbocycles. The van der Waals surface area contributed by atoms with E-state index in [2.05, 4.69) is 0 Å². The molecule has 0 atom stereocenters. The third-order valence-corrected chi connectivity index (χ3v) is 4.88. The Morgan fingerprint density at radius 3 is 2.57 bits per heavy atom. The Kier molecular flexibility index (Phi) is 6.08. The van der Waals surface area contributed by atoms with Crippen LogP contribution in [0.3, 0.4) is 0 Å². The van der Waals surface area contributed by atoms with Crippen LogP contribution in [0.4, 0.5) is 15.8 Å². The number of methoxy groups -OCH3 is 1. The summed E-state index contributed by atoms with van der Waals surface area (Å²) < 4.78 is 18.6. The molecule has 1 heterocycles. The molecular formula is C20H22FN3O4. The highest BCUT2D eigenvalue weighted by molar-refractivity contribution is 5.76. The first-order valence-corrected chi connectivity index (χ1v) is 9.07. The molecular weight excluding hydrogens is 365 g/mol. The summed E-state index contributed by atoms with van der Waals surface area (Å²) >= 11 is 0. The molecule has 0 aromatic heterocycles. The zero-order chi connectivity index (χ0) is 20.1. The van der Waals surface area contributed by atoms with Crippen LogP contribution < -0.4 is 9.64 Å². The lowest BCUT2D eigenvalue weighted by Crippen LogP contribution is -2.48. The van der Waals surface area contributed by atoms with Crippen LogP contribution in [0, 0.1) is 15.9 Å². The number of hydrogen-bond donors (Lipinski definition) is 0. The number of piperazine rings is 1. The number of non-ortho nitro benzene ring substituents is 1. The average molecular weight is 387 g/mol. The number of nitro groups is 1. The van der Waals surface area contributed by atoms with Crippen molar-refractivity contribution in [1.82, 2.24) is 4.90 Å². The Bertz CT molecular complexity index is 866. The van der Waals surface area contributed by atoms with Crippen LogP contribution in [0.2, 0.25) is 0 Å². The van der Waals surface area contributed by atoms with Gasteiger partial charge in [0.15, 0.2) is 11.6 Å². The minimum Gasteiger partial charge on any atom is -0.494 e. The zero-order valence-electron chi connectivity index (χ0n) is 15.6. The molecule has 1 amide bonds. The first-order valence-electron chi connectivity index (χ1n) is 9.07. The molecule has 148 valence electrons. The van der Waals surface area contributed by atoms with Gasteiger partial charge in [-0.1, -0.05) is 12.1 Å². The number of halogens is 1. The number of aryl methyl sites for hydroxylation is 1. The predicted molar refractivity (Wildman–Crippen MR) is 103 cm³/mol. The highest BCUT2D eigenvalue weighted by Crippen LogP contribution is 2.23. The summed E-state index contributed by atoms with van der Waals surface area (Å²) in [6, 6.07) is 11.2. The number of hydrogen-bond acceptors (Lipinski definition) is 5. The van der Waals surface area contributed by atoms with Crippen molar-refractivity contribution in [3.8, 4) is 5.75 Å². The summed E-state index contributed by atoms with van der Waals surface area (Å²) in [5, 5.41) is 10.9. The molecule has 1 saturated heterocycles. The van der Waals surface area contributed by atoms with Crippen LogP contribution in [0.1, 0.15) is 12.0 Å². The Hall–Kier alpha value is -3.16. The molecule has 0 radical (unpaired) electrons. The Balaban J connectivity index is 1.52. The molecule has 0 N–H and O–H groups in total. The topological polar surface area (TPSA) is 75.9 Å². The molecule has 0 bridgehead atoms. The van der Waals surface area contributed by atoms with E-state index in [1.54, 1.807) is 29.2 Å². The molecule has 1 aliphatic heterocycles. The minimum atomic E-state index is -0.432. The highest BCUT2D eigenvalue weighted by Gasteiger charge is 2.22. The fourth-order valence-corrected chi connectivity index (χ4v) is 3.29. The maximum atomic E-state index is 13.7. The van der Waals surface area contributed by atoms with E-state index in [1.165, 1.54) is 19.2 Å². The van der Waals surface area contributed by atoms with Crippen LogP contribution in [-0.4, -0.2) is 49.0 Å². The van der Waals surface area contributed by atoms with Gasteiger partial charge in [0.25, 0.3) is 5.69 Å². The molecule has 1 fully saturated rings. The van der Waals surface area contributed by atoms with Gasteiger partial charge >= 0.3 is 0 Å². The lowest BCUT2D eigenvalue weighted by atomic mass is 10.1. The van der Waals surface area contributed by atoms with Crippen LogP contribution in [-0.2, 0) is 11.2 Å². The van der Waals surface area contributed by atoms with E-state index in [0.717, 1.165) is 11.3 Å². The molecule has 1 aliphatic rings. The van der Waals surface area contributed by atoms with Gasteiger partial charge in [-0.3, -0.25) is 14.9 Å². The van der Waals surface area contributed by atoms with Gasteiger partial charge in [0.2, 0.25) is 5.91 Å². The fraction of sp³-hybridized carbons (Fsp3) is 0.350. The Morgan fingerprint density at radius 2 is 1.93 bits per heavy atom. The van der Waals surface area contributed by atoms with E-state index >= 15 is 0 Å². The summed E-state index contributed by atoms with van der Waals surface area (Å²) in [7, 11) is 1.41. The zero-order valence-corrected chi connectivity index (χ0v) is 15.6. The van der Waals surface area contributed by atoms with Crippen LogP contribution in [0.25, 0.3) is 0 Å². The van der Waals surface area contributed by atoms with Gasteiger partial charge in [0.05, 0.1) is 12.0 Å². The number of rotatable bonds is 6. The third kappa shape index (κ3) is 4.57. The summed E-state index contributed by atoms with van der Waals surface area (Å²) in [5.74, 6) is -0.222. The maximum Gasteiger partial charge on any atom is 0.271 e. The van der Waals surface area contributed by atoms with Crippen molar-refractivity contribution in [2.45, 2.75) is 12.8 Å². The van der Waals surface area contributed by atoms with E-state index in [0.29, 0.717) is 39.0 Å². The summed E-state index contributed by atoms with van der Waals surface area (Å²) in [6.07, 6.45) is 0.771. The molecule has 8 heteroatoms. The van der Waals surface area contributed by atoms with Crippen molar-refractivity contribution in [3.05, 3.63) is 64.0 Å². The van der Waals surface area contributed by atoms with Crippen molar-refractivity contribution < 1.29 is 18.8 Å². The predicted octanol–water partition coefficient (Wildman–Crippen LogP) is 3.02. The number of benzene rings is 2. The van der Waals surface area contributed by atoms with Crippen LogP contribution >= 0.6 is 0 Å². The molecule has 7 nitrogen and oxygen atoms in total. The third-order valence-electron chi connectivity index (χ3n) is 4.88. The molecule has 0 aliphatic carbocycles. The average Bonchev–Trinajstić information content (AvgIpc) is 2.72. The van der Waals surface area contributed by atoms with Crippen LogP contribution in [0.5, 0.6) is 5.75 Å². The SMILES string of the molecule is COc1ccc(CCC(=O)N2CCN(c3cccc([N+](=O)[O-])c3)CC2)cc1F. The normalized spacial score (nSPS) is 14.1. The minimum absolute atomic E-state index is 0.0231. The first kappa shape index (κ1) is 19.6. The van der Waals surface area contributed by atoms with Gasteiger partial charge in [-0.2, -0.15) is 0 Å². The van der Waals surface area contributed by atoms with Crippen molar-refractivity contribution >= 4 is 17.3 Å². The van der Waals surface area contributed by atoms with Crippen LogP contribution in [0.15, 0.2) is 42.5 Å². The monoisotopic (exact) mass is 387 g/mol. The largest absolute Gasteiger partial charge is 0.494 e. The molecule has 2 aromatic carbocycles. The second-order valence-electron chi connectivity index (χ2n) is 6.61. The quantitative estimate of drug-likeness (QED) is 0.563. The summed E-state index contributed by atoms with van der Waals surface area (Å²) in [6.45, 7) is 2.34. The van der Waals surface area contributed by atoms with E-state index in [1.807, 2.05) is 11.0 Å². The van der Waals surface area contributed by atoms with E-state index in [4.69, 9.17) is 4.74 Å². The second-order valence-corrected chi connectivity index (χ2v) is 6.61. The van der Waals surface area contributed by atoms with Crippen molar-refractivity contribution in [3.63, 3.8) is 0 Å². The number of amides is 1. The highest BCUT2D eigenvalue weighted by atomic mass is 19.1. The molecule has 28 heavy (non-hydrogen) atoms. The standard InChI is InChI=1S/C20H22FN3O4/c1-28-19-7-5-15(13-18(19)21)6-8-20(25)23-11-9-22(10-12-23)16-3-2-4-17(14-16)24(26)27/h2-5,7,13-14H,6,8-12H2,1H3. The molecule has 0 spiro atoms. The number of ether oxygens (including phenoxy) is 1. The van der Waals surface area contributed by atoms with Crippen molar-refractivity contribution in [1.29, 1.82) is 0 Å². The number of carbonyl (C=O) groups is 1. The molecule has 0 unspecified atom stereocenters. The first-order chi connectivity index (χ1) is 13.5. The van der Waals surface area contributed by atoms with Gasteiger partial charge in [-0.05, 0) is 30.2 Å². The van der Waals surface area contributed by atoms with Gasteiger partial charge in [0.1, 0.15) is 0 Å². The van der Waals surface area contributed by atoms with Gasteiger partial charge in [0, 0.05) is 50.4 Å². The Morgan fingerprint density at radius 1 is 1.18 bits per heavy atom. The van der Waals surface area contributed by atoms with Gasteiger partial charge in [-0.25, -0.2) is 4.39 Å². The summed E-state index contributed by atoms with van der Waals surface area (Å²) in [5.41, 5.74) is 1.60. The van der Waals surface area contributed by atoms with Gasteiger partial charge < -0.3 is 14.5 Å². The van der Waals surface area contributed by atoms with Crippen molar-refractivity contribution in [2.24, 2.45) is 0 Å². The number of carbonyl (C=O) groups excluding carboxylic acids is 1. The van der Waals surface area contributed by atoms with E-state index in [-0.39, 0.29) is 17.3 Å². The Labute approximate surface area is 162 Å². The number of nitro benzene ring substituents is 1. The summed E-state index contributed by atoms with van der Waals surface area (Å²) in [4.78, 5) is 26.8. The van der Waals surface area contributed by atoms with E-state index < -0.39 is 10.7 Å². The molecule has 3 rings (SSSR count). The maximum absolute atomic E-state index is 13.7. The lowest BCUT2D eigenvalue weighted by molar-refractivity contribution is -0.384. The fourth-order valence-electron chi connectivity index (χ4n) is 3.29.